The van der Waals surface area contributed by atoms with Crippen molar-refractivity contribution in [2.45, 2.75) is 13.0 Å². The van der Waals surface area contributed by atoms with Gasteiger partial charge in [0.1, 0.15) is 5.82 Å². The molecule has 0 heterocycles. The van der Waals surface area contributed by atoms with Gasteiger partial charge in [0.15, 0.2) is 11.6 Å². The predicted octanol–water partition coefficient (Wildman–Crippen LogP) is 4.05. The minimum Gasteiger partial charge on any atom is -0.313 e. The van der Waals surface area contributed by atoms with E-state index in [9.17, 15) is 13.2 Å². The van der Waals surface area contributed by atoms with Gasteiger partial charge in [-0.05, 0) is 54.9 Å². The molecule has 0 aromatic heterocycles. The highest BCUT2D eigenvalue weighted by atomic mass is 19.2. The molecule has 0 spiro atoms. The molecule has 19 heavy (non-hydrogen) atoms. The van der Waals surface area contributed by atoms with Crippen LogP contribution in [0.3, 0.4) is 0 Å². The molecule has 2 aromatic rings. The lowest BCUT2D eigenvalue weighted by molar-refractivity contribution is 0.509. The van der Waals surface area contributed by atoms with Crippen LogP contribution in [0.25, 0.3) is 11.1 Å². The van der Waals surface area contributed by atoms with Crippen LogP contribution < -0.4 is 5.32 Å². The van der Waals surface area contributed by atoms with E-state index in [0.717, 1.165) is 17.7 Å². The number of hydrogen-bond donors (Lipinski definition) is 1. The molecule has 2 aromatic carbocycles. The van der Waals surface area contributed by atoms with Crippen LogP contribution in [-0.4, -0.2) is 7.05 Å². The van der Waals surface area contributed by atoms with E-state index in [0.29, 0.717) is 11.1 Å². The third kappa shape index (κ3) is 2.79. The molecule has 1 unspecified atom stereocenters. The lowest BCUT2D eigenvalue weighted by Gasteiger charge is -2.16. The molecule has 0 aliphatic carbocycles. The third-order valence-electron chi connectivity index (χ3n) is 3.15. The first-order valence-electron chi connectivity index (χ1n) is 5.95. The van der Waals surface area contributed by atoms with Crippen molar-refractivity contribution in [2.24, 2.45) is 0 Å². The zero-order valence-corrected chi connectivity index (χ0v) is 10.7. The Balaban J connectivity index is 2.59. The Labute approximate surface area is 110 Å². The van der Waals surface area contributed by atoms with Crippen LogP contribution in [0, 0.1) is 17.5 Å². The van der Waals surface area contributed by atoms with Crippen LogP contribution in [0.2, 0.25) is 0 Å². The van der Waals surface area contributed by atoms with Crippen molar-refractivity contribution in [2.75, 3.05) is 7.05 Å². The molecule has 0 saturated heterocycles. The Morgan fingerprint density at radius 3 is 2.32 bits per heavy atom. The SMILES string of the molecule is CNC(C)c1ccc(F)cc1-c1ccc(F)c(F)c1. The molecule has 0 saturated carbocycles. The van der Waals surface area contributed by atoms with Crippen LogP contribution in [0.1, 0.15) is 18.5 Å². The van der Waals surface area contributed by atoms with Crippen molar-refractivity contribution < 1.29 is 13.2 Å². The predicted molar refractivity (Wildman–Crippen MR) is 69.2 cm³/mol. The average Bonchev–Trinajstić information content (AvgIpc) is 2.41. The molecular weight excluding hydrogens is 251 g/mol. The van der Waals surface area contributed by atoms with Gasteiger partial charge in [-0.1, -0.05) is 12.1 Å². The van der Waals surface area contributed by atoms with Crippen molar-refractivity contribution in [1.29, 1.82) is 0 Å². The smallest absolute Gasteiger partial charge is 0.159 e. The molecule has 0 amide bonds. The Bertz CT molecular complexity index is 596. The van der Waals surface area contributed by atoms with Crippen molar-refractivity contribution in [3.63, 3.8) is 0 Å². The Morgan fingerprint density at radius 2 is 1.68 bits per heavy atom. The zero-order chi connectivity index (χ0) is 14.0. The summed E-state index contributed by atoms with van der Waals surface area (Å²) in [4.78, 5) is 0. The first-order valence-corrected chi connectivity index (χ1v) is 5.95. The second-order valence-corrected chi connectivity index (χ2v) is 4.37. The fourth-order valence-electron chi connectivity index (χ4n) is 1.98. The number of benzene rings is 2. The highest BCUT2D eigenvalue weighted by Gasteiger charge is 2.13. The first kappa shape index (κ1) is 13.6. The summed E-state index contributed by atoms with van der Waals surface area (Å²) in [7, 11) is 1.78. The summed E-state index contributed by atoms with van der Waals surface area (Å²) in [5.74, 6) is -2.26. The molecule has 0 radical (unpaired) electrons. The monoisotopic (exact) mass is 265 g/mol. The normalized spacial score (nSPS) is 12.5. The molecule has 4 heteroatoms. The van der Waals surface area contributed by atoms with E-state index >= 15 is 0 Å². The summed E-state index contributed by atoms with van der Waals surface area (Å²) in [6.07, 6.45) is 0. The second-order valence-electron chi connectivity index (χ2n) is 4.37. The molecule has 0 bridgehead atoms. The van der Waals surface area contributed by atoms with Crippen molar-refractivity contribution in [3.8, 4) is 11.1 Å². The van der Waals surface area contributed by atoms with E-state index in [1.165, 1.54) is 18.2 Å². The Kier molecular flexibility index (Phi) is 3.90. The average molecular weight is 265 g/mol. The van der Waals surface area contributed by atoms with Crippen molar-refractivity contribution in [3.05, 3.63) is 59.4 Å². The topological polar surface area (TPSA) is 12.0 Å². The van der Waals surface area contributed by atoms with Crippen molar-refractivity contribution in [1.82, 2.24) is 5.32 Å². The molecule has 100 valence electrons. The number of halogens is 3. The molecule has 1 nitrogen and oxygen atoms in total. The van der Waals surface area contributed by atoms with Gasteiger partial charge in [-0.3, -0.25) is 0 Å². The molecule has 1 atom stereocenters. The molecule has 2 rings (SSSR count). The summed E-state index contributed by atoms with van der Waals surface area (Å²) >= 11 is 0. The van der Waals surface area contributed by atoms with Crippen LogP contribution in [0.15, 0.2) is 36.4 Å². The minimum absolute atomic E-state index is 0.0243. The van der Waals surface area contributed by atoms with Gasteiger partial charge in [-0.15, -0.1) is 0 Å². The molecular formula is C15H14F3N. The van der Waals surface area contributed by atoms with Gasteiger partial charge in [0.05, 0.1) is 0 Å². The summed E-state index contributed by atoms with van der Waals surface area (Å²) in [6, 6.07) is 7.87. The van der Waals surface area contributed by atoms with Gasteiger partial charge in [0.25, 0.3) is 0 Å². The maximum atomic E-state index is 13.4. The largest absolute Gasteiger partial charge is 0.313 e. The van der Waals surface area contributed by atoms with E-state index < -0.39 is 17.5 Å². The lowest BCUT2D eigenvalue weighted by Crippen LogP contribution is -2.13. The maximum Gasteiger partial charge on any atom is 0.159 e. The summed E-state index contributed by atoms with van der Waals surface area (Å²) in [6.45, 7) is 1.91. The van der Waals surface area contributed by atoms with Crippen molar-refractivity contribution >= 4 is 0 Å². The highest BCUT2D eigenvalue weighted by Crippen LogP contribution is 2.29. The lowest BCUT2D eigenvalue weighted by atomic mass is 9.95. The van der Waals surface area contributed by atoms with E-state index in [4.69, 9.17) is 0 Å². The van der Waals surface area contributed by atoms with E-state index in [1.807, 2.05) is 6.92 Å². The molecule has 0 aliphatic rings. The fourth-order valence-corrected chi connectivity index (χ4v) is 1.98. The second kappa shape index (κ2) is 5.45. The van der Waals surface area contributed by atoms with Crippen LogP contribution >= 0.6 is 0 Å². The molecule has 1 N–H and O–H groups in total. The van der Waals surface area contributed by atoms with Gasteiger partial charge < -0.3 is 5.32 Å². The summed E-state index contributed by atoms with van der Waals surface area (Å²) in [5.41, 5.74) is 1.84. The van der Waals surface area contributed by atoms with Gasteiger partial charge in [0.2, 0.25) is 0 Å². The Hall–Kier alpha value is -1.81. The van der Waals surface area contributed by atoms with E-state index in [-0.39, 0.29) is 6.04 Å². The maximum absolute atomic E-state index is 13.4. The van der Waals surface area contributed by atoms with Gasteiger partial charge in [-0.25, -0.2) is 13.2 Å². The summed E-state index contributed by atoms with van der Waals surface area (Å²) < 4.78 is 39.6. The van der Waals surface area contributed by atoms with Gasteiger partial charge in [-0.2, -0.15) is 0 Å². The first-order chi connectivity index (χ1) is 9.02. The Morgan fingerprint density at radius 1 is 0.947 bits per heavy atom. The fraction of sp³-hybridized carbons (Fsp3) is 0.200. The quantitative estimate of drug-likeness (QED) is 0.882. The van der Waals surface area contributed by atoms with E-state index in [1.54, 1.807) is 13.1 Å². The highest BCUT2D eigenvalue weighted by molar-refractivity contribution is 5.68. The number of nitrogens with one attached hydrogen (secondary N) is 1. The van der Waals surface area contributed by atoms with Gasteiger partial charge in [0, 0.05) is 6.04 Å². The zero-order valence-electron chi connectivity index (χ0n) is 10.7. The van der Waals surface area contributed by atoms with Crippen LogP contribution in [0.4, 0.5) is 13.2 Å². The third-order valence-corrected chi connectivity index (χ3v) is 3.15. The standard InChI is InChI=1S/C15H14F3N/c1-9(19-2)12-5-4-11(16)8-13(12)10-3-6-14(17)15(18)7-10/h3-9,19H,1-2H3. The minimum atomic E-state index is -0.940. The molecule has 0 aliphatic heterocycles. The number of rotatable bonds is 3. The van der Waals surface area contributed by atoms with Crippen LogP contribution in [-0.2, 0) is 0 Å². The van der Waals surface area contributed by atoms with E-state index in [2.05, 4.69) is 5.32 Å². The number of hydrogen-bond acceptors (Lipinski definition) is 1. The van der Waals surface area contributed by atoms with Gasteiger partial charge >= 0.3 is 0 Å². The molecule has 0 fully saturated rings. The van der Waals surface area contributed by atoms with Crippen LogP contribution in [0.5, 0.6) is 0 Å². The summed E-state index contributed by atoms with van der Waals surface area (Å²) in [5, 5.41) is 3.05.